The molecule has 0 bridgehead atoms. The summed E-state index contributed by atoms with van der Waals surface area (Å²) < 4.78 is 1.87. The Morgan fingerprint density at radius 2 is 2.11 bits per heavy atom. The molecule has 1 aromatic heterocycles. The number of nitrogens with zero attached hydrogens (tertiary/aromatic N) is 3. The van der Waals surface area contributed by atoms with Gasteiger partial charge in [-0.25, -0.2) is 9.48 Å². The van der Waals surface area contributed by atoms with E-state index in [1.807, 2.05) is 28.9 Å². The summed E-state index contributed by atoms with van der Waals surface area (Å²) in [7, 11) is 0. The van der Waals surface area contributed by atoms with Gasteiger partial charge in [0.25, 0.3) is 0 Å². The van der Waals surface area contributed by atoms with E-state index in [-0.39, 0.29) is 12.1 Å². The highest BCUT2D eigenvalue weighted by atomic mass is 16.4. The average Bonchev–Trinajstić information content (AvgIpc) is 2.82. The van der Waals surface area contributed by atoms with Crippen molar-refractivity contribution in [2.45, 2.75) is 37.8 Å². The number of hydrogen-bond acceptors (Lipinski definition) is 3. The van der Waals surface area contributed by atoms with E-state index in [2.05, 4.69) is 15.6 Å². The largest absolute Gasteiger partial charge is 0.465 e. The number of para-hydroxylation sites is 1. The molecular formula is C13H16N4O2. The highest BCUT2D eigenvalue weighted by molar-refractivity contribution is 5.74. The van der Waals surface area contributed by atoms with E-state index < -0.39 is 6.09 Å². The van der Waals surface area contributed by atoms with Crippen molar-refractivity contribution in [1.29, 1.82) is 0 Å². The van der Waals surface area contributed by atoms with Gasteiger partial charge in [0.1, 0.15) is 5.52 Å². The van der Waals surface area contributed by atoms with Crippen molar-refractivity contribution in [2.24, 2.45) is 0 Å². The maximum Gasteiger partial charge on any atom is 0.404 e. The monoisotopic (exact) mass is 260 g/mol. The van der Waals surface area contributed by atoms with Crippen LogP contribution in [0.4, 0.5) is 4.79 Å². The van der Waals surface area contributed by atoms with Crippen LogP contribution in [0.5, 0.6) is 0 Å². The summed E-state index contributed by atoms with van der Waals surface area (Å²) in [5, 5.41) is 19.9. The molecule has 1 saturated carbocycles. The van der Waals surface area contributed by atoms with Gasteiger partial charge in [0.05, 0.1) is 17.6 Å². The van der Waals surface area contributed by atoms with Gasteiger partial charge < -0.3 is 10.4 Å². The van der Waals surface area contributed by atoms with Crippen molar-refractivity contribution < 1.29 is 9.90 Å². The van der Waals surface area contributed by atoms with E-state index >= 15 is 0 Å². The molecule has 0 aliphatic heterocycles. The Bertz CT molecular complexity index is 595. The first-order valence-corrected chi connectivity index (χ1v) is 6.55. The zero-order valence-electron chi connectivity index (χ0n) is 10.5. The van der Waals surface area contributed by atoms with Crippen LogP contribution in [0.2, 0.25) is 0 Å². The van der Waals surface area contributed by atoms with Crippen molar-refractivity contribution in [3.8, 4) is 0 Å². The molecule has 1 fully saturated rings. The number of hydrogen-bond donors (Lipinski definition) is 2. The molecule has 0 spiro atoms. The Morgan fingerprint density at radius 3 is 2.95 bits per heavy atom. The van der Waals surface area contributed by atoms with E-state index in [9.17, 15) is 4.79 Å². The maximum atomic E-state index is 10.9. The van der Waals surface area contributed by atoms with Gasteiger partial charge in [-0.15, -0.1) is 5.10 Å². The van der Waals surface area contributed by atoms with Gasteiger partial charge in [0.15, 0.2) is 0 Å². The molecule has 0 radical (unpaired) electrons. The van der Waals surface area contributed by atoms with E-state index in [1.165, 1.54) is 0 Å². The van der Waals surface area contributed by atoms with Crippen LogP contribution in [-0.4, -0.2) is 32.2 Å². The van der Waals surface area contributed by atoms with Crippen LogP contribution in [0, 0.1) is 0 Å². The number of benzene rings is 1. The van der Waals surface area contributed by atoms with Crippen molar-refractivity contribution in [3.05, 3.63) is 24.3 Å². The van der Waals surface area contributed by atoms with Crippen LogP contribution in [0.25, 0.3) is 11.0 Å². The molecule has 2 atom stereocenters. The number of fused-ring (bicyclic) bond motifs is 1. The van der Waals surface area contributed by atoms with Gasteiger partial charge in [-0.3, -0.25) is 0 Å². The molecule has 2 aromatic rings. The molecule has 6 nitrogen and oxygen atoms in total. The molecule has 1 heterocycles. The summed E-state index contributed by atoms with van der Waals surface area (Å²) >= 11 is 0. The SMILES string of the molecule is O=C(O)N[C@@H]1CCCC[C@H]1n1nnc2ccccc21. The first-order valence-electron chi connectivity index (χ1n) is 6.55. The third-order valence-corrected chi connectivity index (χ3v) is 3.73. The molecule has 0 unspecified atom stereocenters. The predicted octanol–water partition coefficient (Wildman–Crippen LogP) is 2.18. The fourth-order valence-electron chi connectivity index (χ4n) is 2.86. The molecule has 3 rings (SSSR count). The second-order valence-corrected chi connectivity index (χ2v) is 4.93. The molecule has 2 N–H and O–H groups in total. The van der Waals surface area contributed by atoms with Crippen LogP contribution >= 0.6 is 0 Å². The van der Waals surface area contributed by atoms with E-state index in [0.29, 0.717) is 0 Å². The van der Waals surface area contributed by atoms with Gasteiger partial charge in [0.2, 0.25) is 0 Å². The van der Waals surface area contributed by atoms with Crippen molar-refractivity contribution in [1.82, 2.24) is 20.3 Å². The molecule has 1 aliphatic carbocycles. The highest BCUT2D eigenvalue weighted by Gasteiger charge is 2.29. The molecule has 100 valence electrons. The lowest BCUT2D eigenvalue weighted by molar-refractivity contribution is 0.174. The fraction of sp³-hybridized carbons (Fsp3) is 0.462. The third kappa shape index (κ3) is 2.25. The first-order chi connectivity index (χ1) is 9.25. The quantitative estimate of drug-likeness (QED) is 0.867. The zero-order chi connectivity index (χ0) is 13.2. The van der Waals surface area contributed by atoms with Crippen LogP contribution in [0.1, 0.15) is 31.7 Å². The summed E-state index contributed by atoms with van der Waals surface area (Å²) in [6.07, 6.45) is 2.95. The molecule has 1 aromatic carbocycles. The van der Waals surface area contributed by atoms with Crippen LogP contribution in [0.15, 0.2) is 24.3 Å². The zero-order valence-corrected chi connectivity index (χ0v) is 10.5. The summed E-state index contributed by atoms with van der Waals surface area (Å²) in [4.78, 5) is 10.9. The average molecular weight is 260 g/mol. The fourth-order valence-corrected chi connectivity index (χ4v) is 2.86. The lowest BCUT2D eigenvalue weighted by Crippen LogP contribution is -2.42. The normalized spacial score (nSPS) is 23.4. The summed E-state index contributed by atoms with van der Waals surface area (Å²) in [6, 6.07) is 7.73. The summed E-state index contributed by atoms with van der Waals surface area (Å²) in [6.45, 7) is 0. The molecule has 6 heteroatoms. The van der Waals surface area contributed by atoms with Crippen molar-refractivity contribution in [2.75, 3.05) is 0 Å². The molecule has 0 saturated heterocycles. The Hall–Kier alpha value is -2.11. The highest BCUT2D eigenvalue weighted by Crippen LogP contribution is 2.30. The van der Waals surface area contributed by atoms with Crippen molar-refractivity contribution >= 4 is 17.1 Å². The van der Waals surface area contributed by atoms with Gasteiger partial charge >= 0.3 is 6.09 Å². The van der Waals surface area contributed by atoms with Gasteiger partial charge in [0, 0.05) is 0 Å². The Morgan fingerprint density at radius 1 is 1.32 bits per heavy atom. The van der Waals surface area contributed by atoms with Crippen LogP contribution in [-0.2, 0) is 0 Å². The summed E-state index contributed by atoms with van der Waals surface area (Å²) in [5.41, 5.74) is 1.81. The van der Waals surface area contributed by atoms with E-state index in [0.717, 1.165) is 36.7 Å². The number of aromatic nitrogens is 3. The lowest BCUT2D eigenvalue weighted by Gasteiger charge is -2.31. The number of rotatable bonds is 2. The molecule has 19 heavy (non-hydrogen) atoms. The number of carboxylic acid groups (broad SMARTS) is 1. The second-order valence-electron chi connectivity index (χ2n) is 4.93. The Balaban J connectivity index is 1.95. The first kappa shape index (κ1) is 12.0. The lowest BCUT2D eigenvalue weighted by atomic mass is 9.90. The third-order valence-electron chi connectivity index (χ3n) is 3.73. The standard InChI is InChI=1S/C13H16N4O2/c18-13(19)14-9-5-1-3-7-11(9)17-12-8-4-2-6-10(12)15-16-17/h2,4,6,8-9,11,14H,1,3,5,7H2,(H,18,19)/t9-,11-/m1/s1. The maximum absolute atomic E-state index is 10.9. The van der Waals surface area contributed by atoms with Crippen molar-refractivity contribution in [3.63, 3.8) is 0 Å². The topological polar surface area (TPSA) is 80.0 Å². The minimum atomic E-state index is -0.971. The molecule has 1 amide bonds. The smallest absolute Gasteiger partial charge is 0.404 e. The van der Waals surface area contributed by atoms with E-state index in [4.69, 9.17) is 5.11 Å². The van der Waals surface area contributed by atoms with Gasteiger partial charge in [-0.05, 0) is 25.0 Å². The van der Waals surface area contributed by atoms with Crippen LogP contribution < -0.4 is 5.32 Å². The second kappa shape index (κ2) is 4.87. The predicted molar refractivity (Wildman–Crippen MR) is 70.0 cm³/mol. The number of amides is 1. The minimum absolute atomic E-state index is 0.0530. The Labute approximate surface area is 110 Å². The minimum Gasteiger partial charge on any atom is -0.465 e. The summed E-state index contributed by atoms with van der Waals surface area (Å²) in [5.74, 6) is 0. The molecule has 1 aliphatic rings. The Kier molecular flexibility index (Phi) is 3.06. The number of nitrogens with one attached hydrogen (secondary N) is 1. The van der Waals surface area contributed by atoms with Crippen LogP contribution in [0.3, 0.4) is 0 Å². The van der Waals surface area contributed by atoms with Gasteiger partial charge in [-0.2, -0.15) is 0 Å². The van der Waals surface area contributed by atoms with Gasteiger partial charge in [-0.1, -0.05) is 30.2 Å². The molecular weight excluding hydrogens is 244 g/mol. The van der Waals surface area contributed by atoms with E-state index in [1.54, 1.807) is 0 Å². The number of carbonyl (C=O) groups is 1.